The van der Waals surface area contributed by atoms with Gasteiger partial charge in [-0.1, -0.05) is 42.5 Å². The van der Waals surface area contributed by atoms with Crippen molar-refractivity contribution >= 4 is 17.8 Å². The van der Waals surface area contributed by atoms with Crippen LogP contribution in [0.15, 0.2) is 94.3 Å². The van der Waals surface area contributed by atoms with Crippen molar-refractivity contribution in [1.82, 2.24) is 9.80 Å². The molecular formula is C26H23N3O4. The second kappa shape index (κ2) is 9.16. The molecule has 0 unspecified atom stereocenters. The monoisotopic (exact) mass is 441 g/mol. The molecule has 1 fully saturated rings. The van der Waals surface area contributed by atoms with Crippen molar-refractivity contribution in [2.24, 2.45) is 4.99 Å². The first-order chi connectivity index (χ1) is 16.2. The Labute approximate surface area is 191 Å². The lowest BCUT2D eigenvalue weighted by atomic mass is 10.0. The maximum absolute atomic E-state index is 12.5. The molecule has 0 bridgehead atoms. The Kier molecular flexibility index (Phi) is 5.76. The third kappa shape index (κ3) is 4.57. The van der Waals surface area contributed by atoms with Gasteiger partial charge in [-0.15, -0.1) is 0 Å². The Morgan fingerprint density at radius 3 is 2.36 bits per heavy atom. The van der Waals surface area contributed by atoms with Crippen LogP contribution in [-0.2, 0) is 9.53 Å². The van der Waals surface area contributed by atoms with E-state index in [2.05, 4.69) is 4.99 Å². The molecule has 0 radical (unpaired) electrons. The van der Waals surface area contributed by atoms with Crippen molar-refractivity contribution in [3.05, 3.63) is 96.2 Å². The highest BCUT2D eigenvalue weighted by atomic mass is 16.6. The molecule has 7 nitrogen and oxygen atoms in total. The smallest absolute Gasteiger partial charge is 0.365 e. The van der Waals surface area contributed by atoms with Crippen LogP contribution < -0.4 is 0 Å². The number of cyclic esters (lactones) is 1. The number of carbonyl (C=O) groups is 2. The molecule has 2 aromatic carbocycles. The molecule has 0 atom stereocenters. The first kappa shape index (κ1) is 20.8. The number of esters is 1. The molecule has 166 valence electrons. The van der Waals surface area contributed by atoms with Gasteiger partial charge < -0.3 is 19.0 Å². The van der Waals surface area contributed by atoms with Crippen LogP contribution in [0.2, 0.25) is 0 Å². The van der Waals surface area contributed by atoms with Crippen LogP contribution in [0.3, 0.4) is 0 Å². The summed E-state index contributed by atoms with van der Waals surface area (Å²) in [5, 5.41) is 0. The molecule has 1 saturated heterocycles. The summed E-state index contributed by atoms with van der Waals surface area (Å²) in [7, 11) is 0. The fourth-order valence-corrected chi connectivity index (χ4v) is 3.96. The van der Waals surface area contributed by atoms with Gasteiger partial charge in [0.05, 0.1) is 6.26 Å². The zero-order chi connectivity index (χ0) is 22.6. The lowest BCUT2D eigenvalue weighted by molar-refractivity contribution is -0.130. The van der Waals surface area contributed by atoms with Crippen LogP contribution in [0.5, 0.6) is 0 Å². The van der Waals surface area contributed by atoms with E-state index < -0.39 is 5.97 Å². The number of nitrogens with zero attached hydrogens (tertiary/aromatic N) is 3. The summed E-state index contributed by atoms with van der Waals surface area (Å²) in [5.41, 5.74) is 3.22. The Morgan fingerprint density at radius 2 is 1.61 bits per heavy atom. The van der Waals surface area contributed by atoms with Crippen LogP contribution in [0.25, 0.3) is 11.1 Å². The van der Waals surface area contributed by atoms with Crippen molar-refractivity contribution < 1.29 is 18.7 Å². The van der Waals surface area contributed by atoms with Gasteiger partial charge in [-0.2, -0.15) is 0 Å². The van der Waals surface area contributed by atoms with Crippen molar-refractivity contribution in [2.45, 2.75) is 6.42 Å². The van der Waals surface area contributed by atoms with E-state index in [9.17, 15) is 9.59 Å². The molecule has 3 aromatic rings. The van der Waals surface area contributed by atoms with Crippen molar-refractivity contribution in [3.8, 4) is 11.1 Å². The van der Waals surface area contributed by atoms with Crippen molar-refractivity contribution in [3.63, 3.8) is 0 Å². The molecule has 1 aromatic heterocycles. The SMILES string of the molecule is O=C1OC(c2ccc(-c3ccccc3)cc2)=NC1=CN1CCCN(C(=O)c2ccco2)CC1. The molecule has 1 amide bonds. The van der Waals surface area contributed by atoms with E-state index >= 15 is 0 Å². The number of hydrogen-bond acceptors (Lipinski definition) is 6. The van der Waals surface area contributed by atoms with Crippen LogP contribution in [0.4, 0.5) is 0 Å². The van der Waals surface area contributed by atoms with E-state index in [4.69, 9.17) is 9.15 Å². The van der Waals surface area contributed by atoms with Crippen LogP contribution in [0, 0.1) is 0 Å². The molecule has 0 N–H and O–H groups in total. The third-order valence-corrected chi connectivity index (χ3v) is 5.71. The predicted molar refractivity (Wildman–Crippen MR) is 123 cm³/mol. The van der Waals surface area contributed by atoms with Gasteiger partial charge in [0, 0.05) is 37.9 Å². The Bertz CT molecular complexity index is 1200. The highest BCUT2D eigenvalue weighted by Crippen LogP contribution is 2.22. The van der Waals surface area contributed by atoms with Gasteiger partial charge >= 0.3 is 5.97 Å². The summed E-state index contributed by atoms with van der Waals surface area (Å²) < 4.78 is 10.7. The highest BCUT2D eigenvalue weighted by molar-refractivity contribution is 6.11. The summed E-state index contributed by atoms with van der Waals surface area (Å²) >= 11 is 0. The largest absolute Gasteiger partial charge is 0.459 e. The van der Waals surface area contributed by atoms with Crippen LogP contribution in [0.1, 0.15) is 22.5 Å². The average molecular weight is 441 g/mol. The zero-order valence-electron chi connectivity index (χ0n) is 18.0. The summed E-state index contributed by atoms with van der Waals surface area (Å²) in [5.74, 6) is 0.0583. The maximum Gasteiger partial charge on any atom is 0.365 e. The zero-order valence-corrected chi connectivity index (χ0v) is 18.0. The van der Waals surface area contributed by atoms with Crippen LogP contribution >= 0.6 is 0 Å². The summed E-state index contributed by atoms with van der Waals surface area (Å²) in [6, 6.07) is 21.2. The Balaban J connectivity index is 1.27. The quantitative estimate of drug-likeness (QED) is 0.453. The minimum Gasteiger partial charge on any atom is -0.459 e. The maximum atomic E-state index is 12.5. The van der Waals surface area contributed by atoms with Gasteiger partial charge in [0.2, 0.25) is 5.90 Å². The summed E-state index contributed by atoms with van der Waals surface area (Å²) in [6.07, 6.45) is 4.01. The number of aliphatic imine (C=N–C) groups is 1. The van der Waals surface area contributed by atoms with Gasteiger partial charge in [0.25, 0.3) is 5.91 Å². The first-order valence-electron chi connectivity index (χ1n) is 10.9. The van der Waals surface area contributed by atoms with E-state index in [0.717, 1.165) is 29.7 Å². The molecule has 0 saturated carbocycles. The first-order valence-corrected chi connectivity index (χ1v) is 10.9. The number of rotatable bonds is 4. The van der Waals surface area contributed by atoms with Gasteiger partial charge in [-0.25, -0.2) is 9.79 Å². The normalized spacial score (nSPS) is 17.6. The van der Waals surface area contributed by atoms with E-state index in [-0.39, 0.29) is 11.6 Å². The number of carbonyl (C=O) groups excluding carboxylic acids is 2. The molecule has 2 aliphatic heterocycles. The van der Waals surface area contributed by atoms with Crippen molar-refractivity contribution in [1.29, 1.82) is 0 Å². The average Bonchev–Trinajstić information content (AvgIpc) is 3.45. The molecule has 2 aliphatic rings. The van der Waals surface area contributed by atoms with Gasteiger partial charge in [0.1, 0.15) is 0 Å². The van der Waals surface area contributed by atoms with E-state index in [1.807, 2.05) is 59.5 Å². The van der Waals surface area contributed by atoms with Crippen LogP contribution in [-0.4, -0.2) is 53.8 Å². The topological polar surface area (TPSA) is 75.3 Å². The van der Waals surface area contributed by atoms with Gasteiger partial charge in [0.15, 0.2) is 11.5 Å². The number of amides is 1. The second-order valence-electron chi connectivity index (χ2n) is 7.92. The minimum absolute atomic E-state index is 0.117. The second-order valence-corrected chi connectivity index (χ2v) is 7.92. The van der Waals surface area contributed by atoms with E-state index in [0.29, 0.717) is 31.3 Å². The lowest BCUT2D eigenvalue weighted by Crippen LogP contribution is -2.34. The standard InChI is InChI=1S/C26H23N3O4/c30-25(23-8-4-17-32-23)29-14-5-13-28(15-16-29)18-22-26(31)33-24(27-22)21-11-9-20(10-12-21)19-6-2-1-3-7-19/h1-4,6-12,17-18H,5,13-16H2. The predicted octanol–water partition coefficient (Wildman–Crippen LogP) is 3.94. The lowest BCUT2D eigenvalue weighted by Gasteiger charge is -2.20. The number of benzene rings is 2. The minimum atomic E-state index is -0.468. The number of ether oxygens (including phenoxy) is 1. The third-order valence-electron chi connectivity index (χ3n) is 5.71. The van der Waals surface area contributed by atoms with Crippen molar-refractivity contribution in [2.75, 3.05) is 26.2 Å². The molecular weight excluding hydrogens is 418 g/mol. The summed E-state index contributed by atoms with van der Waals surface area (Å²) in [4.78, 5) is 33.2. The fraction of sp³-hybridized carbons (Fsp3) is 0.192. The molecule has 5 rings (SSSR count). The number of furan rings is 1. The number of hydrogen-bond donors (Lipinski definition) is 0. The highest BCUT2D eigenvalue weighted by Gasteiger charge is 2.26. The molecule has 0 spiro atoms. The molecule has 7 heteroatoms. The Hall–Kier alpha value is -4.13. The molecule has 33 heavy (non-hydrogen) atoms. The van der Waals surface area contributed by atoms with E-state index in [1.54, 1.807) is 23.2 Å². The van der Waals surface area contributed by atoms with Gasteiger partial charge in [-0.3, -0.25) is 4.79 Å². The summed E-state index contributed by atoms with van der Waals surface area (Å²) in [6.45, 7) is 2.48. The Morgan fingerprint density at radius 1 is 0.848 bits per heavy atom. The van der Waals surface area contributed by atoms with E-state index in [1.165, 1.54) is 6.26 Å². The van der Waals surface area contributed by atoms with Gasteiger partial charge in [-0.05, 0) is 41.8 Å². The molecule has 3 heterocycles. The molecule has 0 aliphatic carbocycles. The fourth-order valence-electron chi connectivity index (χ4n) is 3.96.